The van der Waals surface area contributed by atoms with E-state index >= 15 is 0 Å². The van der Waals surface area contributed by atoms with Crippen LogP contribution in [0.5, 0.6) is 11.5 Å². The summed E-state index contributed by atoms with van der Waals surface area (Å²) in [7, 11) is 1.43. The molecule has 190 valence electrons. The number of phenolic OH excluding ortho intramolecular Hbond substituents is 1. The molecule has 36 heavy (non-hydrogen) atoms. The average molecular weight is 493 g/mol. The van der Waals surface area contributed by atoms with Crippen LogP contribution in [-0.2, 0) is 27.4 Å². The Morgan fingerprint density at radius 2 is 1.44 bits per heavy atom. The molecule has 0 aliphatic heterocycles. The largest absolute Gasteiger partial charge is 0.507 e. The number of methoxy groups -OCH3 is 1. The first kappa shape index (κ1) is 26.8. The lowest BCUT2D eigenvalue weighted by Crippen LogP contribution is -2.16. The second-order valence-corrected chi connectivity index (χ2v) is 8.72. The van der Waals surface area contributed by atoms with Gasteiger partial charge in [0.15, 0.2) is 6.79 Å². The molecule has 0 radical (unpaired) electrons. The fraction of sp³-hybridized carbons (Fsp3) is 0.310. The van der Waals surface area contributed by atoms with Gasteiger partial charge in [-0.1, -0.05) is 36.4 Å². The second-order valence-electron chi connectivity index (χ2n) is 8.72. The zero-order valence-corrected chi connectivity index (χ0v) is 21.6. The predicted octanol–water partition coefficient (Wildman–Crippen LogP) is 5.63. The van der Waals surface area contributed by atoms with Gasteiger partial charge in [0, 0.05) is 18.2 Å². The van der Waals surface area contributed by atoms with Crippen molar-refractivity contribution < 1.29 is 33.6 Å². The maximum absolute atomic E-state index is 13.1. The number of rotatable bonds is 9. The van der Waals surface area contributed by atoms with Gasteiger partial charge in [0.25, 0.3) is 0 Å². The van der Waals surface area contributed by atoms with Crippen LogP contribution in [-0.4, -0.2) is 30.9 Å². The van der Waals surface area contributed by atoms with Crippen LogP contribution in [0, 0.1) is 34.6 Å². The molecule has 0 saturated carbocycles. The normalized spacial score (nSPS) is 10.7. The van der Waals surface area contributed by atoms with Crippen molar-refractivity contribution in [1.82, 2.24) is 0 Å². The maximum atomic E-state index is 13.1. The van der Waals surface area contributed by atoms with Crippen molar-refractivity contribution in [2.75, 3.05) is 13.9 Å². The van der Waals surface area contributed by atoms with Crippen LogP contribution < -0.4 is 4.74 Å². The number of carbonyl (C=O) groups is 2. The number of hydrogen-bond donors (Lipinski definition) is 1. The third-order valence-corrected chi connectivity index (χ3v) is 6.18. The molecule has 0 spiro atoms. The van der Waals surface area contributed by atoms with Gasteiger partial charge in [-0.15, -0.1) is 0 Å². The summed E-state index contributed by atoms with van der Waals surface area (Å²) in [6.45, 7) is 8.94. The molecule has 0 saturated heterocycles. The van der Waals surface area contributed by atoms with E-state index in [2.05, 4.69) is 0 Å². The van der Waals surface area contributed by atoms with Crippen LogP contribution in [0.25, 0.3) is 0 Å². The molecular weight excluding hydrogens is 460 g/mol. The molecule has 7 nitrogen and oxygen atoms in total. The number of carbonyl (C=O) groups excluding carboxylic acids is 2. The highest BCUT2D eigenvalue weighted by molar-refractivity contribution is 5.96. The Morgan fingerprint density at radius 3 is 2.11 bits per heavy atom. The number of hydrogen-bond acceptors (Lipinski definition) is 7. The fourth-order valence-corrected chi connectivity index (χ4v) is 4.01. The molecule has 0 unspecified atom stereocenters. The van der Waals surface area contributed by atoms with Crippen molar-refractivity contribution >= 4 is 11.9 Å². The van der Waals surface area contributed by atoms with E-state index in [1.165, 1.54) is 7.11 Å². The van der Waals surface area contributed by atoms with Gasteiger partial charge in [0.2, 0.25) is 0 Å². The molecule has 3 aromatic carbocycles. The van der Waals surface area contributed by atoms with Gasteiger partial charge in [-0.05, 0) is 68.5 Å². The molecule has 0 bridgehead atoms. The van der Waals surface area contributed by atoms with Crippen molar-refractivity contribution in [3.63, 3.8) is 0 Å². The van der Waals surface area contributed by atoms with Gasteiger partial charge in [0.05, 0.1) is 5.56 Å². The maximum Gasteiger partial charge on any atom is 0.342 e. The van der Waals surface area contributed by atoms with E-state index in [1.807, 2.05) is 57.2 Å². The summed E-state index contributed by atoms with van der Waals surface area (Å²) in [4.78, 5) is 25.8. The molecule has 0 aliphatic rings. The molecule has 3 aromatic rings. The Bertz CT molecular complexity index is 1260. The Morgan fingerprint density at radius 1 is 0.778 bits per heavy atom. The molecule has 7 heteroatoms. The van der Waals surface area contributed by atoms with Gasteiger partial charge in [-0.25, -0.2) is 9.59 Å². The Hall–Kier alpha value is -3.84. The van der Waals surface area contributed by atoms with Crippen LogP contribution in [0.3, 0.4) is 0 Å². The lowest BCUT2D eigenvalue weighted by Gasteiger charge is -2.18. The lowest BCUT2D eigenvalue weighted by molar-refractivity contribution is -0.0129. The number of aromatic hydroxyl groups is 1. The zero-order valence-electron chi connectivity index (χ0n) is 21.6. The van der Waals surface area contributed by atoms with E-state index in [0.29, 0.717) is 34.6 Å². The van der Waals surface area contributed by atoms with Crippen LogP contribution in [0.1, 0.15) is 59.7 Å². The van der Waals surface area contributed by atoms with Crippen LogP contribution in [0.15, 0.2) is 42.5 Å². The van der Waals surface area contributed by atoms with E-state index in [-0.39, 0.29) is 24.7 Å². The third-order valence-electron chi connectivity index (χ3n) is 6.18. The first-order chi connectivity index (χ1) is 17.1. The topological polar surface area (TPSA) is 91.3 Å². The molecule has 0 amide bonds. The molecule has 0 fully saturated rings. The number of benzene rings is 3. The van der Waals surface area contributed by atoms with E-state index < -0.39 is 11.9 Å². The van der Waals surface area contributed by atoms with Crippen molar-refractivity contribution in [2.24, 2.45) is 0 Å². The minimum atomic E-state index is -0.698. The Balaban J connectivity index is 1.83. The highest BCUT2D eigenvalue weighted by Crippen LogP contribution is 2.35. The molecule has 3 rings (SSSR count). The summed E-state index contributed by atoms with van der Waals surface area (Å²) in [6.07, 6.45) is 0. The molecule has 1 N–H and O–H groups in total. The summed E-state index contributed by atoms with van der Waals surface area (Å²) >= 11 is 0. The molecule has 0 heterocycles. The average Bonchev–Trinajstić information content (AvgIpc) is 2.85. The molecule has 0 atom stereocenters. The van der Waals surface area contributed by atoms with Gasteiger partial charge < -0.3 is 24.1 Å². The van der Waals surface area contributed by atoms with Crippen molar-refractivity contribution in [2.45, 2.75) is 47.8 Å². The summed E-state index contributed by atoms with van der Waals surface area (Å²) in [6, 6.07) is 13.3. The first-order valence-corrected chi connectivity index (χ1v) is 11.6. The van der Waals surface area contributed by atoms with E-state index in [4.69, 9.17) is 18.9 Å². The van der Waals surface area contributed by atoms with Gasteiger partial charge in [-0.2, -0.15) is 0 Å². The van der Waals surface area contributed by atoms with Crippen molar-refractivity contribution in [1.29, 1.82) is 0 Å². The van der Waals surface area contributed by atoms with E-state index in [1.54, 1.807) is 19.9 Å². The summed E-state index contributed by atoms with van der Waals surface area (Å²) in [5.74, 6) is -0.961. The zero-order chi connectivity index (χ0) is 26.4. The molecular formula is C29H32O7. The number of ether oxygens (including phenoxy) is 4. The number of aryl methyl sites for hydroxylation is 3. The Labute approximate surface area is 211 Å². The van der Waals surface area contributed by atoms with Gasteiger partial charge >= 0.3 is 11.9 Å². The minimum Gasteiger partial charge on any atom is -0.507 e. The highest BCUT2D eigenvalue weighted by atomic mass is 16.7. The first-order valence-electron chi connectivity index (χ1n) is 11.6. The molecule has 0 aromatic heterocycles. The van der Waals surface area contributed by atoms with Gasteiger partial charge in [-0.3, -0.25) is 0 Å². The summed E-state index contributed by atoms with van der Waals surface area (Å²) < 4.78 is 21.5. The number of phenols is 1. The lowest BCUT2D eigenvalue weighted by atomic mass is 9.93. The molecule has 0 aliphatic carbocycles. The smallest absolute Gasteiger partial charge is 0.342 e. The monoisotopic (exact) mass is 492 g/mol. The SMILES string of the molecule is COCOC(=O)c1c(C)c(C)cc(C)c1COC(=O)c1c(C)cc(OCc2ccccc2)c(C)c1O. The predicted molar refractivity (Wildman–Crippen MR) is 135 cm³/mol. The number of esters is 2. The fourth-order valence-electron chi connectivity index (χ4n) is 4.01. The van der Waals surface area contributed by atoms with Crippen LogP contribution >= 0.6 is 0 Å². The van der Waals surface area contributed by atoms with Crippen molar-refractivity contribution in [3.8, 4) is 11.5 Å². The summed E-state index contributed by atoms with van der Waals surface area (Å²) in [5.41, 5.74) is 5.34. The Kier molecular flexibility index (Phi) is 8.72. The van der Waals surface area contributed by atoms with Crippen molar-refractivity contribution in [3.05, 3.63) is 92.5 Å². The van der Waals surface area contributed by atoms with Crippen LogP contribution in [0.2, 0.25) is 0 Å². The minimum absolute atomic E-state index is 0.0598. The van der Waals surface area contributed by atoms with Crippen LogP contribution in [0.4, 0.5) is 0 Å². The third kappa shape index (κ3) is 5.86. The highest BCUT2D eigenvalue weighted by Gasteiger charge is 2.24. The van der Waals surface area contributed by atoms with E-state index in [0.717, 1.165) is 22.3 Å². The quantitative estimate of drug-likeness (QED) is 0.306. The van der Waals surface area contributed by atoms with Gasteiger partial charge in [0.1, 0.15) is 30.3 Å². The second kappa shape index (κ2) is 11.7. The summed E-state index contributed by atoms with van der Waals surface area (Å²) in [5, 5.41) is 10.8. The standard InChI is InChI=1S/C29H32O7/c1-17-12-18(2)23(26(20(17)4)29(32)36-16-33-6)15-35-28(31)25-19(3)13-24(21(5)27(25)30)34-14-22-10-8-7-9-11-22/h7-13,30H,14-16H2,1-6H3. The van der Waals surface area contributed by atoms with E-state index in [9.17, 15) is 14.7 Å².